The van der Waals surface area contributed by atoms with Crippen molar-refractivity contribution in [1.29, 1.82) is 0 Å². The zero-order valence-corrected chi connectivity index (χ0v) is 11.3. The van der Waals surface area contributed by atoms with Gasteiger partial charge in [-0.15, -0.1) is 0 Å². The van der Waals surface area contributed by atoms with Crippen molar-refractivity contribution >= 4 is 23.8 Å². The van der Waals surface area contributed by atoms with Crippen LogP contribution in [-0.4, -0.2) is 14.8 Å². The quantitative estimate of drug-likeness (QED) is 0.603. The molecule has 0 spiro atoms. The zero-order chi connectivity index (χ0) is 16.0. The molecule has 0 aliphatic heterocycles. The van der Waals surface area contributed by atoms with Gasteiger partial charge in [0.25, 0.3) is 0 Å². The summed E-state index contributed by atoms with van der Waals surface area (Å²) >= 11 is 10.3. The number of hydrogen-bond donors (Lipinski definition) is 1. The summed E-state index contributed by atoms with van der Waals surface area (Å²) < 4.78 is 75.3. The highest BCUT2D eigenvalue weighted by molar-refractivity contribution is 7.71. The van der Waals surface area contributed by atoms with Crippen LogP contribution in [0.3, 0.4) is 0 Å². The van der Waals surface area contributed by atoms with Crippen molar-refractivity contribution in [3.05, 3.63) is 39.3 Å². The molecule has 0 unspecified atom stereocenters. The van der Waals surface area contributed by atoms with Crippen molar-refractivity contribution in [2.24, 2.45) is 0 Å². The Morgan fingerprint density at radius 3 is 2.14 bits per heavy atom. The fourth-order valence-corrected chi connectivity index (χ4v) is 1.95. The normalized spacial score (nSPS) is 12.7. The van der Waals surface area contributed by atoms with E-state index in [1.54, 1.807) is 0 Å². The van der Waals surface area contributed by atoms with Crippen LogP contribution < -0.4 is 0 Å². The molecule has 0 amide bonds. The van der Waals surface area contributed by atoms with Gasteiger partial charge in [0.1, 0.15) is 10.3 Å². The molecule has 2 heterocycles. The molecule has 21 heavy (non-hydrogen) atoms. The molecule has 2 rings (SSSR count). The molecule has 0 aromatic carbocycles. The molecule has 3 nitrogen and oxygen atoms in total. The third-order valence-corrected chi connectivity index (χ3v) is 2.97. The molecule has 0 saturated carbocycles. The Bertz CT molecular complexity index is 730. The number of aromatic amines is 1. The number of H-pyrrole nitrogens is 1. The highest BCUT2D eigenvalue weighted by Gasteiger charge is 2.34. The summed E-state index contributed by atoms with van der Waals surface area (Å²) in [6.07, 6.45) is -8.89. The number of alkyl halides is 6. The SMILES string of the molecule is FC(F)(F)c1cnc(-n2[nH]c(C(F)(F)F)cc2=S)c(Cl)c1. The van der Waals surface area contributed by atoms with Gasteiger partial charge in [-0.25, -0.2) is 9.67 Å². The first-order valence-corrected chi connectivity index (χ1v) is 5.91. The van der Waals surface area contributed by atoms with Crippen molar-refractivity contribution in [3.8, 4) is 5.82 Å². The van der Waals surface area contributed by atoms with Crippen molar-refractivity contribution < 1.29 is 26.3 Å². The molecule has 0 atom stereocenters. The Hall–Kier alpha value is -1.55. The lowest BCUT2D eigenvalue weighted by molar-refractivity contribution is -0.141. The molecule has 11 heteroatoms. The lowest BCUT2D eigenvalue weighted by Crippen LogP contribution is -2.10. The standard InChI is InChI=1S/C10H4ClF6N3S/c11-5-1-4(9(12,13)14)3-18-8(5)20-7(21)2-6(19-20)10(15,16)17/h1-3,19H. The minimum atomic E-state index is -4.68. The topological polar surface area (TPSA) is 33.6 Å². The molecule has 2 aromatic heterocycles. The largest absolute Gasteiger partial charge is 0.432 e. The molecular formula is C10H4ClF6N3S. The average molecular weight is 348 g/mol. The van der Waals surface area contributed by atoms with Gasteiger partial charge in [-0.3, -0.25) is 5.10 Å². The molecule has 114 valence electrons. The monoisotopic (exact) mass is 347 g/mol. The van der Waals surface area contributed by atoms with E-state index in [0.717, 1.165) is 0 Å². The van der Waals surface area contributed by atoms with Gasteiger partial charge >= 0.3 is 12.4 Å². The maximum Gasteiger partial charge on any atom is 0.432 e. The number of nitrogens with one attached hydrogen (secondary N) is 1. The lowest BCUT2D eigenvalue weighted by atomic mass is 10.3. The lowest BCUT2D eigenvalue weighted by Gasteiger charge is -2.10. The summed E-state index contributed by atoms with van der Waals surface area (Å²) in [7, 11) is 0. The van der Waals surface area contributed by atoms with Gasteiger partial charge < -0.3 is 0 Å². The minimum absolute atomic E-state index is 0.323. The second kappa shape index (κ2) is 5.02. The van der Waals surface area contributed by atoms with Crippen molar-refractivity contribution in [1.82, 2.24) is 14.8 Å². The van der Waals surface area contributed by atoms with E-state index in [0.29, 0.717) is 23.0 Å². The first kappa shape index (κ1) is 15.8. The number of aromatic nitrogens is 3. The van der Waals surface area contributed by atoms with Gasteiger partial charge in [-0.1, -0.05) is 23.8 Å². The van der Waals surface area contributed by atoms with Crippen LogP contribution in [-0.2, 0) is 12.4 Å². The smallest absolute Gasteiger partial charge is 0.287 e. The van der Waals surface area contributed by atoms with Crippen LogP contribution in [0.15, 0.2) is 18.3 Å². The van der Waals surface area contributed by atoms with Crippen LogP contribution in [0.25, 0.3) is 5.82 Å². The Balaban J connectivity index is 2.54. The number of pyridine rings is 1. The van der Waals surface area contributed by atoms with Crippen molar-refractivity contribution in [2.75, 3.05) is 0 Å². The van der Waals surface area contributed by atoms with E-state index in [2.05, 4.69) is 4.98 Å². The van der Waals surface area contributed by atoms with Crippen molar-refractivity contribution in [3.63, 3.8) is 0 Å². The van der Waals surface area contributed by atoms with E-state index in [1.807, 2.05) is 5.10 Å². The Kier molecular flexibility index (Phi) is 3.79. The molecule has 0 fully saturated rings. The number of rotatable bonds is 1. The predicted octanol–water partition coefficient (Wildman–Crippen LogP) is 4.62. The Labute approximate surface area is 123 Å². The molecule has 0 saturated heterocycles. The molecule has 0 radical (unpaired) electrons. The predicted molar refractivity (Wildman–Crippen MR) is 63.8 cm³/mol. The van der Waals surface area contributed by atoms with E-state index >= 15 is 0 Å². The molecule has 2 aromatic rings. The highest BCUT2D eigenvalue weighted by Crippen LogP contribution is 2.33. The van der Waals surface area contributed by atoms with Gasteiger partial charge in [-0.05, 0) is 6.07 Å². The van der Waals surface area contributed by atoms with Crippen LogP contribution in [0.2, 0.25) is 5.02 Å². The van der Waals surface area contributed by atoms with Gasteiger partial charge in [0.2, 0.25) is 0 Å². The highest BCUT2D eigenvalue weighted by atomic mass is 35.5. The van der Waals surface area contributed by atoms with Crippen LogP contribution >= 0.6 is 23.8 Å². The molecule has 0 aliphatic rings. The fraction of sp³-hybridized carbons (Fsp3) is 0.200. The third kappa shape index (κ3) is 3.21. The van der Waals surface area contributed by atoms with Crippen LogP contribution in [0.5, 0.6) is 0 Å². The molecular weight excluding hydrogens is 344 g/mol. The van der Waals surface area contributed by atoms with E-state index in [1.165, 1.54) is 0 Å². The zero-order valence-electron chi connectivity index (χ0n) is 9.68. The van der Waals surface area contributed by atoms with Crippen LogP contribution in [0.4, 0.5) is 26.3 Å². The Morgan fingerprint density at radius 1 is 1.10 bits per heavy atom. The van der Waals surface area contributed by atoms with E-state index in [-0.39, 0.29) is 10.5 Å². The first-order chi connectivity index (χ1) is 9.50. The molecule has 1 N–H and O–H groups in total. The third-order valence-electron chi connectivity index (χ3n) is 2.39. The van der Waals surface area contributed by atoms with Crippen molar-refractivity contribution in [2.45, 2.75) is 12.4 Å². The van der Waals surface area contributed by atoms with Crippen LogP contribution in [0, 0.1) is 4.64 Å². The summed E-state index contributed by atoms with van der Waals surface area (Å²) in [5.74, 6) is -0.356. The Morgan fingerprint density at radius 2 is 1.71 bits per heavy atom. The summed E-state index contributed by atoms with van der Waals surface area (Å²) in [4.78, 5) is 3.42. The number of hydrogen-bond acceptors (Lipinski definition) is 2. The fourth-order valence-electron chi connectivity index (χ4n) is 1.45. The first-order valence-electron chi connectivity index (χ1n) is 5.12. The van der Waals surface area contributed by atoms with Gasteiger partial charge in [0.05, 0.1) is 10.6 Å². The second-order valence-electron chi connectivity index (χ2n) is 3.87. The second-order valence-corrected chi connectivity index (χ2v) is 4.69. The van der Waals surface area contributed by atoms with Gasteiger partial charge in [0, 0.05) is 12.3 Å². The minimum Gasteiger partial charge on any atom is -0.287 e. The number of halogens is 7. The average Bonchev–Trinajstić information content (AvgIpc) is 2.70. The summed E-state index contributed by atoms with van der Waals surface area (Å²) in [5.41, 5.74) is -2.28. The van der Waals surface area contributed by atoms with E-state index < -0.39 is 28.6 Å². The maximum atomic E-state index is 12.5. The van der Waals surface area contributed by atoms with Crippen LogP contribution in [0.1, 0.15) is 11.3 Å². The summed E-state index contributed by atoms with van der Waals surface area (Å²) in [5, 5.41) is 1.41. The maximum absolute atomic E-state index is 12.5. The molecule has 0 bridgehead atoms. The van der Waals surface area contributed by atoms with E-state index in [9.17, 15) is 26.3 Å². The van der Waals surface area contributed by atoms with Gasteiger partial charge in [-0.2, -0.15) is 26.3 Å². The van der Waals surface area contributed by atoms with E-state index in [4.69, 9.17) is 23.8 Å². The van der Waals surface area contributed by atoms with Gasteiger partial charge in [0.15, 0.2) is 5.82 Å². The summed E-state index contributed by atoms with van der Waals surface area (Å²) in [6, 6.07) is 1.17. The number of nitrogens with zero attached hydrogens (tertiary/aromatic N) is 2. The molecule has 0 aliphatic carbocycles. The summed E-state index contributed by atoms with van der Waals surface area (Å²) in [6.45, 7) is 0.